The first-order chi connectivity index (χ1) is 15.5. The van der Waals surface area contributed by atoms with Crippen molar-refractivity contribution in [2.45, 2.75) is 0 Å². The molecule has 0 aliphatic carbocycles. The molecule has 0 aliphatic heterocycles. The third-order valence-electron chi connectivity index (χ3n) is 4.64. The first kappa shape index (κ1) is 21.3. The molecule has 4 aromatic rings. The Balaban J connectivity index is 1.59. The lowest BCUT2D eigenvalue weighted by Crippen LogP contribution is -2.15. The number of halogens is 1. The molecule has 0 atom stereocenters. The van der Waals surface area contributed by atoms with Crippen molar-refractivity contribution in [3.8, 4) is 22.8 Å². The van der Waals surface area contributed by atoms with Crippen LogP contribution in [0.25, 0.3) is 17.1 Å². The van der Waals surface area contributed by atoms with Gasteiger partial charge in [0.25, 0.3) is 5.82 Å². The molecule has 0 unspecified atom stereocenters. The largest absolute Gasteiger partial charge is 0.497 e. The Hall–Kier alpha value is -3.97. The van der Waals surface area contributed by atoms with E-state index in [9.17, 15) is 9.59 Å². The van der Waals surface area contributed by atoms with Gasteiger partial charge in [-0.05, 0) is 48.5 Å². The van der Waals surface area contributed by atoms with E-state index in [1.54, 1.807) is 60.3 Å². The van der Waals surface area contributed by atoms with Gasteiger partial charge in [-0.2, -0.15) is 0 Å². The summed E-state index contributed by atoms with van der Waals surface area (Å²) in [6.45, 7) is -0.432. The maximum atomic E-state index is 12.6. The van der Waals surface area contributed by atoms with E-state index in [-0.39, 0.29) is 11.6 Å². The maximum absolute atomic E-state index is 12.6. The normalized spacial score (nSPS) is 10.6. The molecule has 160 valence electrons. The first-order valence-corrected chi connectivity index (χ1v) is 10.1. The predicted molar refractivity (Wildman–Crippen MR) is 119 cm³/mol. The number of carbonyl (C=O) groups is 2. The zero-order valence-corrected chi connectivity index (χ0v) is 17.8. The van der Waals surface area contributed by atoms with Gasteiger partial charge in [-0.1, -0.05) is 41.9 Å². The number of benzene rings is 3. The van der Waals surface area contributed by atoms with Crippen molar-refractivity contribution >= 4 is 23.4 Å². The van der Waals surface area contributed by atoms with Crippen LogP contribution >= 0.6 is 11.6 Å². The van der Waals surface area contributed by atoms with Gasteiger partial charge >= 0.3 is 5.97 Å². The van der Waals surface area contributed by atoms with E-state index in [0.717, 1.165) is 5.56 Å². The molecule has 0 radical (unpaired) electrons. The number of ether oxygens (including phenoxy) is 2. The van der Waals surface area contributed by atoms with Crippen LogP contribution in [0, 0.1) is 0 Å². The van der Waals surface area contributed by atoms with Crippen LogP contribution in [-0.4, -0.2) is 40.2 Å². The Bertz CT molecular complexity index is 1240. The summed E-state index contributed by atoms with van der Waals surface area (Å²) in [6.07, 6.45) is 0. The molecule has 0 aliphatic rings. The monoisotopic (exact) mass is 447 g/mol. The summed E-state index contributed by atoms with van der Waals surface area (Å²) in [6, 6.07) is 22.9. The second-order valence-electron chi connectivity index (χ2n) is 6.74. The molecule has 0 spiro atoms. The van der Waals surface area contributed by atoms with Gasteiger partial charge in [-0.15, -0.1) is 5.10 Å². The van der Waals surface area contributed by atoms with Crippen LogP contribution in [0.1, 0.15) is 21.0 Å². The zero-order valence-electron chi connectivity index (χ0n) is 17.1. The molecule has 3 aromatic carbocycles. The third-order valence-corrected chi connectivity index (χ3v) is 4.89. The molecule has 1 aromatic heterocycles. The Morgan fingerprint density at radius 2 is 1.62 bits per heavy atom. The van der Waals surface area contributed by atoms with Crippen molar-refractivity contribution in [2.75, 3.05) is 13.7 Å². The Morgan fingerprint density at radius 3 is 2.28 bits per heavy atom. The third kappa shape index (κ3) is 4.68. The molecule has 7 nitrogen and oxygen atoms in total. The smallest absolute Gasteiger partial charge is 0.378 e. The number of rotatable bonds is 7. The fourth-order valence-corrected chi connectivity index (χ4v) is 3.12. The van der Waals surface area contributed by atoms with Gasteiger partial charge in [0.15, 0.2) is 18.2 Å². The average Bonchev–Trinajstić information content (AvgIpc) is 3.29. The van der Waals surface area contributed by atoms with Gasteiger partial charge in [0.2, 0.25) is 0 Å². The first-order valence-electron chi connectivity index (χ1n) is 9.68. The van der Waals surface area contributed by atoms with Gasteiger partial charge in [0, 0.05) is 16.1 Å². The zero-order chi connectivity index (χ0) is 22.5. The molecule has 0 saturated carbocycles. The number of hydrogen-bond acceptors (Lipinski definition) is 6. The van der Waals surface area contributed by atoms with E-state index < -0.39 is 12.6 Å². The second kappa shape index (κ2) is 9.45. The summed E-state index contributed by atoms with van der Waals surface area (Å²) in [5.41, 5.74) is 1.85. The van der Waals surface area contributed by atoms with Gasteiger partial charge in [0.05, 0.1) is 12.8 Å². The number of carbonyl (C=O) groups excluding carboxylic acids is 2. The number of ketones is 1. The van der Waals surface area contributed by atoms with Crippen LogP contribution in [0.4, 0.5) is 0 Å². The van der Waals surface area contributed by atoms with Gasteiger partial charge in [-0.3, -0.25) is 4.79 Å². The van der Waals surface area contributed by atoms with Gasteiger partial charge < -0.3 is 9.47 Å². The quantitative estimate of drug-likeness (QED) is 0.303. The minimum absolute atomic E-state index is 0.149. The highest BCUT2D eigenvalue weighted by Crippen LogP contribution is 2.23. The standard InChI is InChI=1S/C24H18ClN3O4/c1-31-20-13-11-19(12-14-20)28-23(17-5-3-2-4-6-17)26-22(27-28)24(30)32-15-21(29)16-7-9-18(25)10-8-16/h2-14H,15H2,1H3. The van der Waals surface area contributed by atoms with Crippen LogP contribution in [-0.2, 0) is 4.74 Å². The maximum Gasteiger partial charge on any atom is 0.378 e. The lowest BCUT2D eigenvalue weighted by molar-refractivity contribution is 0.0462. The highest BCUT2D eigenvalue weighted by Gasteiger charge is 2.21. The molecular formula is C24H18ClN3O4. The van der Waals surface area contributed by atoms with Crippen LogP contribution in [0.5, 0.6) is 5.75 Å². The number of esters is 1. The highest BCUT2D eigenvalue weighted by molar-refractivity contribution is 6.30. The molecule has 8 heteroatoms. The number of Topliss-reactive ketones (excluding diaryl/α,β-unsaturated/α-hetero) is 1. The van der Waals surface area contributed by atoms with E-state index in [4.69, 9.17) is 21.1 Å². The summed E-state index contributed by atoms with van der Waals surface area (Å²) in [4.78, 5) is 29.3. The van der Waals surface area contributed by atoms with Crippen molar-refractivity contribution < 1.29 is 19.1 Å². The predicted octanol–water partition coefficient (Wildman–Crippen LogP) is 4.64. The molecule has 0 amide bonds. The topological polar surface area (TPSA) is 83.3 Å². The molecule has 1 heterocycles. The van der Waals surface area contributed by atoms with E-state index in [1.807, 2.05) is 30.3 Å². The number of aromatic nitrogens is 3. The Morgan fingerprint density at radius 1 is 0.938 bits per heavy atom. The minimum Gasteiger partial charge on any atom is -0.497 e. The van der Waals surface area contributed by atoms with Crippen LogP contribution in [0.3, 0.4) is 0 Å². The fourth-order valence-electron chi connectivity index (χ4n) is 2.99. The second-order valence-corrected chi connectivity index (χ2v) is 7.18. The highest BCUT2D eigenvalue weighted by atomic mass is 35.5. The van der Waals surface area contributed by atoms with Crippen molar-refractivity contribution in [1.29, 1.82) is 0 Å². The van der Waals surface area contributed by atoms with E-state index in [2.05, 4.69) is 10.1 Å². The summed E-state index contributed by atoms with van der Waals surface area (Å²) < 4.78 is 11.9. The Labute approximate surface area is 189 Å². The van der Waals surface area contributed by atoms with Crippen molar-refractivity contribution in [1.82, 2.24) is 14.8 Å². The lowest BCUT2D eigenvalue weighted by atomic mass is 10.1. The molecule has 0 fully saturated rings. The SMILES string of the molecule is COc1ccc(-n2nc(C(=O)OCC(=O)c3ccc(Cl)cc3)nc2-c2ccccc2)cc1. The van der Waals surface area contributed by atoms with Crippen LogP contribution < -0.4 is 4.74 Å². The van der Waals surface area contributed by atoms with Crippen LogP contribution in [0.15, 0.2) is 78.9 Å². The molecular weight excluding hydrogens is 430 g/mol. The lowest BCUT2D eigenvalue weighted by Gasteiger charge is -2.07. The molecule has 32 heavy (non-hydrogen) atoms. The molecule has 0 saturated heterocycles. The average molecular weight is 448 g/mol. The summed E-state index contributed by atoms with van der Waals surface area (Å²) in [5, 5.41) is 4.85. The fraction of sp³-hybridized carbons (Fsp3) is 0.0833. The molecule has 0 bridgehead atoms. The van der Waals surface area contributed by atoms with Gasteiger partial charge in [-0.25, -0.2) is 14.5 Å². The minimum atomic E-state index is -0.795. The molecule has 0 N–H and O–H groups in total. The Kier molecular flexibility index (Phi) is 6.28. The van der Waals surface area contributed by atoms with Crippen molar-refractivity contribution in [3.05, 3.63) is 95.3 Å². The summed E-state index contributed by atoms with van der Waals surface area (Å²) in [5.74, 6) is -0.143. The van der Waals surface area contributed by atoms with Gasteiger partial charge in [0.1, 0.15) is 5.75 Å². The number of nitrogens with zero attached hydrogens (tertiary/aromatic N) is 3. The van der Waals surface area contributed by atoms with Crippen molar-refractivity contribution in [2.24, 2.45) is 0 Å². The number of hydrogen-bond donors (Lipinski definition) is 0. The van der Waals surface area contributed by atoms with Crippen molar-refractivity contribution in [3.63, 3.8) is 0 Å². The van der Waals surface area contributed by atoms with E-state index in [1.165, 1.54) is 0 Å². The number of methoxy groups -OCH3 is 1. The van der Waals surface area contributed by atoms with Crippen LogP contribution in [0.2, 0.25) is 5.02 Å². The van der Waals surface area contributed by atoms with E-state index in [0.29, 0.717) is 27.8 Å². The summed E-state index contributed by atoms with van der Waals surface area (Å²) in [7, 11) is 1.58. The molecule has 4 rings (SSSR count). The summed E-state index contributed by atoms with van der Waals surface area (Å²) >= 11 is 5.84. The van der Waals surface area contributed by atoms with E-state index >= 15 is 0 Å².